The number of aromatic nitrogens is 4. The number of amides is 4. The largest absolute Gasteiger partial charge is 0.453 e. The highest BCUT2D eigenvalue weighted by Gasteiger charge is 2.61. The Bertz CT molecular complexity index is 2850. The van der Waals surface area contributed by atoms with Crippen LogP contribution in [0.15, 0.2) is 54.9 Å². The molecule has 9 rings (SSSR count). The number of carbonyl (C=O) groups is 4. The molecular weight excluding hydrogens is 1060 g/mol. The Morgan fingerprint density at radius 1 is 0.923 bits per heavy atom. The molecule has 0 spiro atoms. The van der Waals surface area contributed by atoms with Crippen LogP contribution in [-0.4, -0.2) is 167 Å². The van der Waals surface area contributed by atoms with Gasteiger partial charge in [-0.1, -0.05) is 24.3 Å². The van der Waals surface area contributed by atoms with Gasteiger partial charge in [-0.3, -0.25) is 24.6 Å². The Labute approximate surface area is 438 Å². The van der Waals surface area contributed by atoms with Crippen molar-refractivity contribution in [3.8, 4) is 22.4 Å². The highest BCUT2D eigenvalue weighted by atomic mass is 19.4. The second-order valence-corrected chi connectivity index (χ2v) is 20.3. The molecule has 4 amide bonds. The zero-order valence-electron chi connectivity index (χ0n) is 42.4. The average Bonchev–Trinajstić information content (AvgIpc) is 3.92. The number of likely N-dealkylation sites (tertiary alicyclic amines) is 1. The Hall–Kier alpha value is -6.85. The van der Waals surface area contributed by atoms with Crippen molar-refractivity contribution >= 4 is 29.9 Å². The number of hydrazine groups is 1. The van der Waals surface area contributed by atoms with Gasteiger partial charge in [0.25, 0.3) is 12.3 Å². The molecule has 2 aromatic heterocycles. The lowest BCUT2D eigenvalue weighted by molar-refractivity contribution is -0.227. The number of halogens is 10. The van der Waals surface area contributed by atoms with Crippen molar-refractivity contribution in [1.82, 2.24) is 51.0 Å². The van der Waals surface area contributed by atoms with Gasteiger partial charge in [0.2, 0.25) is 11.9 Å². The van der Waals surface area contributed by atoms with Crippen molar-refractivity contribution in [2.75, 3.05) is 52.0 Å². The average molecular weight is 1120 g/mol. The number of methoxy groups -OCH3 is 2. The fourth-order valence-corrected chi connectivity index (χ4v) is 9.79. The van der Waals surface area contributed by atoms with Crippen molar-refractivity contribution in [1.29, 1.82) is 0 Å². The minimum Gasteiger partial charge on any atom is -0.453 e. The van der Waals surface area contributed by atoms with Gasteiger partial charge in [0.05, 0.1) is 73.9 Å². The maximum Gasteiger partial charge on any atom is 0.407 e. The smallest absolute Gasteiger partial charge is 0.407 e. The number of rotatable bonds is 12. The van der Waals surface area contributed by atoms with Crippen molar-refractivity contribution in [2.24, 2.45) is 10.8 Å². The van der Waals surface area contributed by atoms with Crippen LogP contribution in [0.2, 0.25) is 0 Å². The number of piperazine rings is 1. The first-order chi connectivity index (χ1) is 36.6. The predicted octanol–water partition coefficient (Wildman–Crippen LogP) is 4.91. The van der Waals surface area contributed by atoms with E-state index < -0.39 is 128 Å². The van der Waals surface area contributed by atoms with E-state index in [2.05, 4.69) is 40.2 Å². The summed E-state index contributed by atoms with van der Waals surface area (Å²) in [6.07, 6.45) is -17.7. The van der Waals surface area contributed by atoms with Gasteiger partial charge < -0.3 is 40.2 Å². The van der Waals surface area contributed by atoms with Gasteiger partial charge in [0.1, 0.15) is 30.3 Å². The van der Waals surface area contributed by atoms with Gasteiger partial charge in [-0.2, -0.15) is 31.4 Å². The third-order valence-corrected chi connectivity index (χ3v) is 14.9. The lowest BCUT2D eigenvalue weighted by Gasteiger charge is -2.64. The van der Waals surface area contributed by atoms with Gasteiger partial charge in [0, 0.05) is 67.7 Å². The van der Waals surface area contributed by atoms with Crippen LogP contribution in [0, 0.1) is 22.5 Å². The summed E-state index contributed by atoms with van der Waals surface area (Å²) in [6, 6.07) is 1.80. The number of hydrogen-bond donors (Lipinski definition) is 5. The van der Waals surface area contributed by atoms with E-state index in [0.29, 0.717) is 52.1 Å². The van der Waals surface area contributed by atoms with Gasteiger partial charge in [-0.05, 0) is 56.5 Å². The van der Waals surface area contributed by atoms with E-state index in [9.17, 15) is 46.2 Å². The Morgan fingerprint density at radius 2 is 1.59 bits per heavy atom. The van der Waals surface area contributed by atoms with Crippen LogP contribution in [0.5, 0.6) is 0 Å². The molecule has 0 radical (unpaired) electrons. The first kappa shape index (κ1) is 57.3. The van der Waals surface area contributed by atoms with E-state index in [4.69, 9.17) is 4.74 Å². The Balaban J connectivity index is 1.23. The summed E-state index contributed by atoms with van der Waals surface area (Å²) in [7, 11) is 1.64. The molecule has 5 aliphatic heterocycles. The summed E-state index contributed by atoms with van der Waals surface area (Å²) < 4.78 is 166. The SMILES string of the molecule is COC(=O)N[C@H](C(=O)NC1Cc2ccc(cc2)-c2cnc(N3C[C@H]4C3CN4C3COC3)nc2CC(C)(C(F)(F)F)[C@H](NC(=O)OC)C(=O)NN(Cc2c(F)cc(-c3ccn(CC(F)F)n3)cc2F)C[C@@H]1O)C(C)(C)C(F)(F)F. The molecule has 3 unspecified atom stereocenters. The topological polar surface area (TPSA) is 218 Å². The number of aliphatic hydroxyl groups excluding tert-OH is 1. The van der Waals surface area contributed by atoms with Gasteiger partial charge in [-0.15, -0.1) is 0 Å². The third-order valence-electron chi connectivity index (χ3n) is 14.9. The lowest BCUT2D eigenvalue weighted by Crippen LogP contribution is -2.82. The van der Waals surface area contributed by atoms with Crippen LogP contribution >= 0.6 is 0 Å². The zero-order valence-corrected chi connectivity index (χ0v) is 42.4. The zero-order chi connectivity index (χ0) is 56.8. The number of aliphatic hydroxyl groups is 1. The number of anilines is 1. The van der Waals surface area contributed by atoms with E-state index in [0.717, 1.165) is 37.2 Å². The molecule has 0 aliphatic carbocycles. The van der Waals surface area contributed by atoms with Gasteiger partial charge >= 0.3 is 24.5 Å². The quantitative estimate of drug-likeness (QED) is 0.119. The van der Waals surface area contributed by atoms with Crippen LogP contribution in [0.25, 0.3) is 22.4 Å². The number of fused-ring (bicyclic) bond motifs is 12. The van der Waals surface area contributed by atoms with Crippen LogP contribution in [0.4, 0.5) is 59.4 Å². The molecule has 19 nitrogen and oxygen atoms in total. The number of alkyl carbamates (subject to hydrolysis) is 2. The van der Waals surface area contributed by atoms with Crippen molar-refractivity contribution in [3.63, 3.8) is 0 Å². The number of nitrogens with zero attached hydrogens (tertiary/aromatic N) is 7. The van der Waals surface area contributed by atoms with Gasteiger partial charge in [-0.25, -0.2) is 42.1 Å². The minimum absolute atomic E-state index is 0.0387. The monoisotopic (exact) mass is 1120 g/mol. The Kier molecular flexibility index (Phi) is 16.3. The summed E-state index contributed by atoms with van der Waals surface area (Å²) >= 11 is 0. The van der Waals surface area contributed by atoms with Crippen LogP contribution in [-0.2, 0) is 49.7 Å². The maximum atomic E-state index is 16.3. The first-order valence-electron chi connectivity index (χ1n) is 24.3. The second-order valence-electron chi connectivity index (χ2n) is 20.3. The molecule has 2 bridgehead atoms. The molecule has 4 aromatic rings. The van der Waals surface area contributed by atoms with E-state index in [1.165, 1.54) is 36.5 Å². The molecule has 7 atom stereocenters. The van der Waals surface area contributed by atoms with E-state index in [1.54, 1.807) is 0 Å². The molecule has 3 saturated heterocycles. The molecule has 5 N–H and O–H groups in total. The second kappa shape index (κ2) is 22.1. The molecule has 424 valence electrons. The number of nitrogens with one attached hydrogen (secondary N) is 4. The molecule has 5 aliphatic rings. The predicted molar refractivity (Wildman–Crippen MR) is 254 cm³/mol. The highest BCUT2D eigenvalue weighted by Crippen LogP contribution is 2.46. The summed E-state index contributed by atoms with van der Waals surface area (Å²) in [4.78, 5) is 67.7. The summed E-state index contributed by atoms with van der Waals surface area (Å²) in [5.41, 5.74) is -5.27. The van der Waals surface area contributed by atoms with E-state index in [-0.39, 0.29) is 57.7 Å². The van der Waals surface area contributed by atoms with Crippen molar-refractivity contribution in [3.05, 3.63) is 83.3 Å². The van der Waals surface area contributed by atoms with E-state index >= 15 is 22.0 Å². The number of benzene rings is 2. The molecule has 78 heavy (non-hydrogen) atoms. The molecule has 29 heteroatoms. The molecular formula is C49H55F10N11O8. The van der Waals surface area contributed by atoms with Gasteiger partial charge in [0.15, 0.2) is 0 Å². The standard InChI is InChI=1S/C49H55F10N11O8/c1-46(2,48(54,55)56)39(63-44(74)76-4)41(72)61-33-12-24-6-8-25(9-7-24)28-16-60-43(70-19-35-36(70)18-69(35)27-22-78-23-27)62-34(28)15-47(3,49(57,58)59)40(64-45(75)77-5)42(73)66-68(20-37(33)71)17-29-30(50)13-26(14-31(29)51)32-10-11-67(65-32)21-38(52)53/h6-11,13-14,16,27,33,35-40,71H,12,15,17-23H2,1-5H3,(H,61,72)(H,63,74)(H,64,75)(H,66,73)/t33?,35-,36?,37-,39+,40+,47?/m0/s1. The number of alkyl halides is 8. The van der Waals surface area contributed by atoms with Crippen molar-refractivity contribution in [2.45, 2.75) is 108 Å². The summed E-state index contributed by atoms with van der Waals surface area (Å²) in [5.74, 6) is -5.91. The number of hydrogen-bond acceptors (Lipinski definition) is 14. The van der Waals surface area contributed by atoms with Crippen LogP contribution in [0.3, 0.4) is 0 Å². The lowest BCUT2D eigenvalue weighted by atomic mass is 9.75. The third kappa shape index (κ3) is 11.6. The van der Waals surface area contributed by atoms with Crippen LogP contribution in [0.1, 0.15) is 37.6 Å². The van der Waals surface area contributed by atoms with Crippen LogP contribution < -0.4 is 26.3 Å². The van der Waals surface area contributed by atoms with E-state index in [1.807, 2.05) is 15.5 Å². The maximum absolute atomic E-state index is 16.3. The van der Waals surface area contributed by atoms with Crippen molar-refractivity contribution < 1.29 is 82.4 Å². The molecule has 0 saturated carbocycles. The minimum atomic E-state index is -5.41. The summed E-state index contributed by atoms with van der Waals surface area (Å²) in [5, 5.41) is 22.7. The normalized spacial score (nSPS) is 23.9. The number of ether oxygens (including phenoxy) is 3. The molecule has 3 fully saturated rings. The summed E-state index contributed by atoms with van der Waals surface area (Å²) in [6.45, 7) is 0.910. The Morgan fingerprint density at radius 3 is 2.15 bits per heavy atom. The first-order valence-corrected chi connectivity index (χ1v) is 24.3. The highest BCUT2D eigenvalue weighted by molar-refractivity contribution is 5.87. The fraction of sp³-hybridized carbons (Fsp3) is 0.531. The fourth-order valence-electron chi connectivity index (χ4n) is 9.79. The number of carbonyl (C=O) groups excluding carboxylic acids is 4. The molecule has 7 heterocycles. The molecule has 2 aromatic carbocycles.